The van der Waals surface area contributed by atoms with E-state index >= 15 is 0 Å². The third kappa shape index (κ3) is 2.48. The molecule has 0 atom stereocenters. The van der Waals surface area contributed by atoms with Gasteiger partial charge in [0.25, 0.3) is 0 Å². The van der Waals surface area contributed by atoms with E-state index in [1.807, 2.05) is 19.1 Å². The summed E-state index contributed by atoms with van der Waals surface area (Å²) < 4.78 is 9.35. The van der Waals surface area contributed by atoms with Gasteiger partial charge in [0.15, 0.2) is 0 Å². The highest BCUT2D eigenvalue weighted by Gasteiger charge is 2.19. The Bertz CT molecular complexity index is 788. The summed E-state index contributed by atoms with van der Waals surface area (Å²) in [5.41, 5.74) is 2.83. The van der Waals surface area contributed by atoms with Crippen molar-refractivity contribution >= 4 is 73.4 Å². The third-order valence-corrected chi connectivity index (χ3v) is 4.67. The summed E-state index contributed by atoms with van der Waals surface area (Å²) in [6.07, 6.45) is 0. The van der Waals surface area contributed by atoms with Crippen LogP contribution in [0.5, 0.6) is 0 Å². The Morgan fingerprint density at radius 1 is 1.15 bits per heavy atom. The van der Waals surface area contributed by atoms with Gasteiger partial charge >= 0.3 is 0 Å². The molecule has 0 aliphatic carbocycles. The van der Waals surface area contributed by atoms with Crippen molar-refractivity contribution < 1.29 is 0 Å². The molecule has 2 aromatic rings. The van der Waals surface area contributed by atoms with E-state index in [2.05, 4.69) is 35.0 Å². The van der Waals surface area contributed by atoms with Crippen molar-refractivity contribution in [2.45, 2.75) is 6.92 Å². The number of fused-ring (bicyclic) bond motifs is 1. The van der Waals surface area contributed by atoms with Gasteiger partial charge in [-0.05, 0) is 41.1 Å². The third-order valence-electron chi connectivity index (χ3n) is 2.72. The van der Waals surface area contributed by atoms with Gasteiger partial charge in [-0.25, -0.2) is 4.98 Å². The summed E-state index contributed by atoms with van der Waals surface area (Å²) in [7, 11) is 0. The lowest BCUT2D eigenvalue weighted by molar-refractivity contribution is 1.18. The maximum Gasteiger partial charge on any atom is 0.131 e. The van der Waals surface area contributed by atoms with E-state index < -0.39 is 0 Å². The van der Waals surface area contributed by atoms with Crippen LogP contribution in [0.15, 0.2) is 31.4 Å². The van der Waals surface area contributed by atoms with E-state index in [-0.39, 0.29) is 0 Å². The average molecular weight is 390 g/mol. The van der Waals surface area contributed by atoms with Gasteiger partial charge in [0.2, 0.25) is 0 Å². The van der Waals surface area contributed by atoms with Gasteiger partial charge in [0.1, 0.15) is 17.2 Å². The first-order valence-electron chi connectivity index (χ1n) is 5.56. The molecule has 0 saturated carbocycles. The van der Waals surface area contributed by atoms with Gasteiger partial charge in [-0.3, -0.25) is 0 Å². The molecule has 0 saturated heterocycles. The topological polar surface area (TPSA) is 49.6 Å². The van der Waals surface area contributed by atoms with Gasteiger partial charge < -0.3 is 5.32 Å². The van der Waals surface area contributed by atoms with Gasteiger partial charge in [-0.2, -0.15) is 8.73 Å². The highest BCUT2D eigenvalue weighted by molar-refractivity contribution is 9.10. The number of nitrogens with zero attached hydrogens (tertiary/aromatic N) is 3. The summed E-state index contributed by atoms with van der Waals surface area (Å²) in [6, 6.07) is 5.43. The minimum absolute atomic E-state index is 0.484. The Kier molecular flexibility index (Phi) is 3.81. The fourth-order valence-electron chi connectivity index (χ4n) is 1.73. The van der Waals surface area contributed by atoms with Crippen molar-refractivity contribution in [1.29, 1.82) is 0 Å². The summed E-state index contributed by atoms with van der Waals surface area (Å²) in [6.45, 7) is 1.92. The maximum atomic E-state index is 6.24. The molecule has 0 unspecified atom stereocenters. The molecule has 0 fully saturated rings. The monoisotopic (exact) mass is 388 g/mol. The van der Waals surface area contributed by atoms with Crippen LogP contribution in [-0.4, -0.2) is 4.98 Å². The first-order valence-corrected chi connectivity index (χ1v) is 7.84. The average Bonchev–Trinajstić information content (AvgIpc) is 2.88. The molecule has 0 amide bonds. The van der Waals surface area contributed by atoms with Crippen LogP contribution in [0.1, 0.15) is 5.69 Å². The molecule has 102 valence electrons. The number of aromatic nitrogens is 1. The molecule has 1 aromatic heterocycles. The number of hydrogen-bond acceptors (Lipinski definition) is 4. The van der Waals surface area contributed by atoms with Crippen LogP contribution < -0.4 is 5.32 Å². The number of benzene rings is 1. The molecule has 0 bridgehead atoms. The van der Waals surface area contributed by atoms with Crippen molar-refractivity contribution in [3.8, 4) is 0 Å². The predicted octanol–water partition coefficient (Wildman–Crippen LogP) is 5.93. The van der Waals surface area contributed by atoms with E-state index in [0.29, 0.717) is 32.9 Å². The van der Waals surface area contributed by atoms with Gasteiger partial charge in [0, 0.05) is 4.47 Å². The largest absolute Gasteiger partial charge is 0.337 e. The number of halogens is 3. The van der Waals surface area contributed by atoms with E-state index in [4.69, 9.17) is 23.2 Å². The lowest BCUT2D eigenvalue weighted by Crippen LogP contribution is -1.96. The predicted molar refractivity (Wildman–Crippen MR) is 88.0 cm³/mol. The van der Waals surface area contributed by atoms with Crippen LogP contribution in [0.25, 0.3) is 0 Å². The summed E-state index contributed by atoms with van der Waals surface area (Å²) in [4.78, 5) is 4.43. The van der Waals surface area contributed by atoms with E-state index in [1.54, 1.807) is 6.07 Å². The highest BCUT2D eigenvalue weighted by Crippen LogP contribution is 2.48. The number of nitrogens with one attached hydrogen (secondary N) is 1. The fraction of sp³-hybridized carbons (Fsp3) is 0.0833. The second-order valence-corrected chi connectivity index (χ2v) is 6.26. The Morgan fingerprint density at radius 3 is 2.65 bits per heavy atom. The summed E-state index contributed by atoms with van der Waals surface area (Å²) in [5.74, 6) is 0.684. The zero-order chi connectivity index (χ0) is 14.3. The zero-order valence-corrected chi connectivity index (χ0v) is 14.0. The Balaban J connectivity index is 2.06. The number of rotatable bonds is 2. The smallest absolute Gasteiger partial charge is 0.131 e. The Morgan fingerprint density at radius 2 is 1.90 bits per heavy atom. The maximum absolute atomic E-state index is 6.24. The molecule has 4 nitrogen and oxygen atoms in total. The van der Waals surface area contributed by atoms with E-state index in [1.165, 1.54) is 0 Å². The quantitative estimate of drug-likeness (QED) is 0.590. The van der Waals surface area contributed by atoms with Gasteiger partial charge in [-0.15, -0.1) is 0 Å². The standard InChI is InChI=1S/C12H7BrCl2N4S/c1-5-6(13)2-3-9(16-5)17-10-7(14)4-8(15)11-12(10)19-20-18-11/h2-4H,1H3,(H,16,17). The lowest BCUT2D eigenvalue weighted by atomic mass is 10.2. The van der Waals surface area contributed by atoms with Gasteiger partial charge in [0.05, 0.1) is 32.8 Å². The number of anilines is 2. The van der Waals surface area contributed by atoms with Crippen LogP contribution in [0, 0.1) is 6.92 Å². The molecule has 0 spiro atoms. The van der Waals surface area contributed by atoms with Crippen molar-refractivity contribution in [2.75, 3.05) is 5.32 Å². The van der Waals surface area contributed by atoms with Crippen LogP contribution in [0.2, 0.25) is 10.0 Å². The molecular weight excluding hydrogens is 383 g/mol. The molecule has 1 aromatic carbocycles. The van der Waals surface area contributed by atoms with E-state index in [0.717, 1.165) is 21.5 Å². The fourth-order valence-corrected chi connectivity index (χ4v) is 3.12. The molecule has 1 aliphatic heterocycles. The van der Waals surface area contributed by atoms with Crippen LogP contribution >= 0.6 is 39.1 Å². The molecule has 1 N–H and O–H groups in total. The molecule has 0 radical (unpaired) electrons. The molecule has 20 heavy (non-hydrogen) atoms. The van der Waals surface area contributed by atoms with Crippen molar-refractivity contribution in [3.63, 3.8) is 0 Å². The molecule has 1 aliphatic rings. The Labute approximate surface area is 137 Å². The number of hydrogen-bond donors (Lipinski definition) is 1. The van der Waals surface area contributed by atoms with Crippen molar-refractivity contribution in [2.24, 2.45) is 8.73 Å². The molecular formula is C12H7BrCl2N4S. The molecule has 2 heterocycles. The second-order valence-electron chi connectivity index (χ2n) is 4.07. The highest BCUT2D eigenvalue weighted by atomic mass is 79.9. The van der Waals surface area contributed by atoms with Crippen molar-refractivity contribution in [3.05, 3.63) is 38.4 Å². The van der Waals surface area contributed by atoms with Crippen molar-refractivity contribution in [1.82, 2.24) is 4.98 Å². The van der Waals surface area contributed by atoms with Crippen LogP contribution in [-0.2, 0) is 11.4 Å². The number of pyridine rings is 1. The minimum Gasteiger partial charge on any atom is -0.337 e. The van der Waals surface area contributed by atoms with Crippen LogP contribution in [0.4, 0.5) is 22.9 Å². The minimum atomic E-state index is 0.484. The summed E-state index contributed by atoms with van der Waals surface area (Å²) in [5, 5.41) is 4.15. The van der Waals surface area contributed by atoms with Gasteiger partial charge in [-0.1, -0.05) is 23.2 Å². The lowest BCUT2D eigenvalue weighted by Gasteiger charge is -2.12. The van der Waals surface area contributed by atoms with E-state index in [9.17, 15) is 0 Å². The Hall–Kier alpha value is -0.950. The zero-order valence-electron chi connectivity index (χ0n) is 10.1. The van der Waals surface area contributed by atoms with Crippen LogP contribution in [0.3, 0.4) is 0 Å². The molecule has 3 rings (SSSR count). The first-order chi connectivity index (χ1) is 9.56. The number of aryl methyl sites for hydroxylation is 1. The summed E-state index contributed by atoms with van der Waals surface area (Å²) >= 11 is 16.8. The first kappa shape index (κ1) is 14.0. The molecule has 8 heteroatoms. The normalized spacial score (nSPS) is 12.2. The SMILES string of the molecule is Cc1nc(Nc2c(Cl)cc(Cl)c3c2N=S=N3)ccc1Br. The second kappa shape index (κ2) is 5.44.